The smallest absolute Gasteiger partial charge is 0.252 e. The SMILES string of the molecule is CCOc1cc(N)cc(C(=O)NC(C)C(=O)NC2CC2)c1. The van der Waals surface area contributed by atoms with Crippen LogP contribution in [0.3, 0.4) is 0 Å². The molecule has 6 heteroatoms. The summed E-state index contributed by atoms with van der Waals surface area (Å²) < 4.78 is 5.35. The number of nitrogens with two attached hydrogens (primary N) is 1. The molecule has 2 rings (SSSR count). The van der Waals surface area contributed by atoms with Crippen LogP contribution < -0.4 is 21.1 Å². The van der Waals surface area contributed by atoms with E-state index in [-0.39, 0.29) is 17.9 Å². The largest absolute Gasteiger partial charge is 0.494 e. The molecule has 1 unspecified atom stereocenters. The van der Waals surface area contributed by atoms with E-state index in [1.807, 2.05) is 6.92 Å². The molecule has 0 aromatic heterocycles. The Balaban J connectivity index is 1.99. The summed E-state index contributed by atoms with van der Waals surface area (Å²) in [7, 11) is 0. The van der Waals surface area contributed by atoms with Crippen LogP contribution in [-0.2, 0) is 4.79 Å². The van der Waals surface area contributed by atoms with E-state index in [0.717, 1.165) is 12.8 Å². The topological polar surface area (TPSA) is 93.4 Å². The molecule has 21 heavy (non-hydrogen) atoms. The minimum Gasteiger partial charge on any atom is -0.494 e. The third kappa shape index (κ3) is 4.37. The average molecular weight is 291 g/mol. The van der Waals surface area contributed by atoms with Gasteiger partial charge in [0, 0.05) is 23.4 Å². The molecule has 1 atom stereocenters. The summed E-state index contributed by atoms with van der Waals surface area (Å²) in [5, 5.41) is 5.51. The van der Waals surface area contributed by atoms with Crippen molar-refractivity contribution in [1.82, 2.24) is 10.6 Å². The summed E-state index contributed by atoms with van der Waals surface area (Å²) in [6.45, 7) is 4.00. The number of nitrogens with one attached hydrogen (secondary N) is 2. The van der Waals surface area contributed by atoms with Gasteiger partial charge in [-0.15, -0.1) is 0 Å². The molecule has 1 fully saturated rings. The Morgan fingerprint density at radius 2 is 2.10 bits per heavy atom. The summed E-state index contributed by atoms with van der Waals surface area (Å²) in [6.07, 6.45) is 2.03. The van der Waals surface area contributed by atoms with Crippen LogP contribution in [0.2, 0.25) is 0 Å². The molecule has 0 spiro atoms. The van der Waals surface area contributed by atoms with E-state index in [1.54, 1.807) is 25.1 Å². The third-order valence-electron chi connectivity index (χ3n) is 3.17. The second kappa shape index (κ2) is 6.47. The first-order valence-corrected chi connectivity index (χ1v) is 7.14. The molecule has 0 heterocycles. The molecule has 0 radical (unpaired) electrons. The number of carbonyl (C=O) groups is 2. The summed E-state index contributed by atoms with van der Waals surface area (Å²) in [5.74, 6) is 0.0271. The van der Waals surface area contributed by atoms with E-state index in [1.165, 1.54) is 0 Å². The van der Waals surface area contributed by atoms with Gasteiger partial charge in [-0.1, -0.05) is 0 Å². The van der Waals surface area contributed by atoms with Crippen LogP contribution in [0.5, 0.6) is 5.75 Å². The van der Waals surface area contributed by atoms with Crippen LogP contribution >= 0.6 is 0 Å². The van der Waals surface area contributed by atoms with Crippen molar-refractivity contribution in [2.75, 3.05) is 12.3 Å². The molecule has 4 N–H and O–H groups in total. The molecule has 0 saturated heterocycles. The highest BCUT2D eigenvalue weighted by Gasteiger charge is 2.26. The third-order valence-corrected chi connectivity index (χ3v) is 3.17. The average Bonchev–Trinajstić information content (AvgIpc) is 3.22. The number of hydrogen-bond donors (Lipinski definition) is 3. The van der Waals surface area contributed by atoms with Crippen molar-refractivity contribution in [3.8, 4) is 5.75 Å². The fourth-order valence-electron chi connectivity index (χ4n) is 1.90. The molecule has 2 amide bonds. The Morgan fingerprint density at radius 1 is 1.38 bits per heavy atom. The van der Waals surface area contributed by atoms with Crippen molar-refractivity contribution in [3.05, 3.63) is 23.8 Å². The van der Waals surface area contributed by atoms with E-state index in [9.17, 15) is 9.59 Å². The maximum atomic E-state index is 12.2. The Kier molecular flexibility index (Phi) is 4.67. The molecular weight excluding hydrogens is 270 g/mol. The van der Waals surface area contributed by atoms with E-state index in [2.05, 4.69) is 10.6 Å². The summed E-state index contributed by atoms with van der Waals surface area (Å²) >= 11 is 0. The maximum absolute atomic E-state index is 12.2. The minimum atomic E-state index is -0.588. The van der Waals surface area contributed by atoms with Crippen molar-refractivity contribution in [3.63, 3.8) is 0 Å². The molecule has 1 aromatic rings. The van der Waals surface area contributed by atoms with Crippen molar-refractivity contribution >= 4 is 17.5 Å². The van der Waals surface area contributed by atoms with Crippen LogP contribution in [0.25, 0.3) is 0 Å². The lowest BCUT2D eigenvalue weighted by Crippen LogP contribution is -2.45. The first kappa shape index (κ1) is 15.2. The van der Waals surface area contributed by atoms with Gasteiger partial charge in [0.05, 0.1) is 6.61 Å². The minimum absolute atomic E-state index is 0.167. The van der Waals surface area contributed by atoms with Crippen LogP contribution in [0, 0.1) is 0 Å². The quantitative estimate of drug-likeness (QED) is 0.683. The van der Waals surface area contributed by atoms with Crippen LogP contribution in [0.1, 0.15) is 37.0 Å². The molecule has 1 saturated carbocycles. The van der Waals surface area contributed by atoms with Gasteiger partial charge in [0.2, 0.25) is 5.91 Å². The van der Waals surface area contributed by atoms with Gasteiger partial charge in [0.1, 0.15) is 11.8 Å². The second-order valence-electron chi connectivity index (χ2n) is 5.20. The number of carbonyl (C=O) groups excluding carboxylic acids is 2. The molecule has 6 nitrogen and oxygen atoms in total. The maximum Gasteiger partial charge on any atom is 0.252 e. The van der Waals surface area contributed by atoms with Gasteiger partial charge >= 0.3 is 0 Å². The highest BCUT2D eigenvalue weighted by Crippen LogP contribution is 2.20. The number of amides is 2. The van der Waals surface area contributed by atoms with Gasteiger partial charge in [-0.3, -0.25) is 9.59 Å². The molecular formula is C15H21N3O3. The van der Waals surface area contributed by atoms with Crippen LogP contribution in [0.4, 0.5) is 5.69 Å². The highest BCUT2D eigenvalue weighted by molar-refractivity contribution is 5.98. The lowest BCUT2D eigenvalue weighted by molar-refractivity contribution is -0.122. The highest BCUT2D eigenvalue weighted by atomic mass is 16.5. The number of benzene rings is 1. The first-order chi connectivity index (χ1) is 9.99. The number of nitrogen functional groups attached to an aromatic ring is 1. The molecule has 114 valence electrons. The Morgan fingerprint density at radius 3 is 2.71 bits per heavy atom. The number of rotatable bonds is 6. The zero-order valence-corrected chi connectivity index (χ0v) is 12.3. The van der Waals surface area contributed by atoms with E-state index in [4.69, 9.17) is 10.5 Å². The van der Waals surface area contributed by atoms with E-state index >= 15 is 0 Å². The Hall–Kier alpha value is -2.24. The normalized spacial score (nSPS) is 15.1. The van der Waals surface area contributed by atoms with E-state index < -0.39 is 6.04 Å². The lowest BCUT2D eigenvalue weighted by atomic mass is 10.1. The predicted molar refractivity (Wildman–Crippen MR) is 80.1 cm³/mol. The number of anilines is 1. The molecule has 1 aliphatic rings. The summed E-state index contributed by atoms with van der Waals surface area (Å²) in [4.78, 5) is 24.0. The fraction of sp³-hybridized carbons (Fsp3) is 0.467. The zero-order valence-electron chi connectivity index (χ0n) is 12.3. The van der Waals surface area contributed by atoms with Gasteiger partial charge in [-0.25, -0.2) is 0 Å². The van der Waals surface area contributed by atoms with Gasteiger partial charge in [-0.2, -0.15) is 0 Å². The van der Waals surface area contributed by atoms with Crippen molar-refractivity contribution < 1.29 is 14.3 Å². The van der Waals surface area contributed by atoms with E-state index in [0.29, 0.717) is 23.6 Å². The van der Waals surface area contributed by atoms with Gasteiger partial charge in [-0.05, 0) is 38.8 Å². The van der Waals surface area contributed by atoms with Crippen molar-refractivity contribution in [1.29, 1.82) is 0 Å². The monoisotopic (exact) mass is 291 g/mol. The van der Waals surface area contributed by atoms with Crippen LogP contribution in [0.15, 0.2) is 18.2 Å². The van der Waals surface area contributed by atoms with Crippen LogP contribution in [-0.4, -0.2) is 30.5 Å². The number of hydrogen-bond acceptors (Lipinski definition) is 4. The van der Waals surface area contributed by atoms with Crippen molar-refractivity contribution in [2.45, 2.75) is 38.8 Å². The molecule has 0 bridgehead atoms. The number of ether oxygens (including phenoxy) is 1. The van der Waals surface area contributed by atoms with Gasteiger partial charge in [0.25, 0.3) is 5.91 Å². The van der Waals surface area contributed by atoms with Gasteiger partial charge < -0.3 is 21.1 Å². The van der Waals surface area contributed by atoms with Gasteiger partial charge in [0.15, 0.2) is 0 Å². The predicted octanol–water partition coefficient (Wildman–Crippen LogP) is 1.06. The summed E-state index contributed by atoms with van der Waals surface area (Å²) in [5.41, 5.74) is 6.58. The molecule has 1 aliphatic carbocycles. The second-order valence-corrected chi connectivity index (χ2v) is 5.20. The zero-order chi connectivity index (χ0) is 15.4. The van der Waals surface area contributed by atoms with Crippen molar-refractivity contribution in [2.24, 2.45) is 0 Å². The fourth-order valence-corrected chi connectivity index (χ4v) is 1.90. The molecule has 1 aromatic carbocycles. The molecule has 0 aliphatic heterocycles. The standard InChI is InChI=1S/C15H21N3O3/c1-3-21-13-7-10(6-11(16)8-13)15(20)17-9(2)14(19)18-12-4-5-12/h6-9,12H,3-5,16H2,1-2H3,(H,17,20)(H,18,19). The first-order valence-electron chi connectivity index (χ1n) is 7.14. The Labute approximate surface area is 124 Å². The Bertz CT molecular complexity index is 541. The summed E-state index contributed by atoms with van der Waals surface area (Å²) in [6, 6.07) is 4.51. The lowest BCUT2D eigenvalue weighted by Gasteiger charge is -2.14.